The quantitative estimate of drug-likeness (QED) is 0.0693. The van der Waals surface area contributed by atoms with Crippen molar-refractivity contribution in [3.8, 4) is 57.0 Å². The van der Waals surface area contributed by atoms with Crippen molar-refractivity contribution < 1.29 is 54.4 Å². The van der Waals surface area contributed by atoms with Crippen LogP contribution in [0.2, 0.25) is 0 Å². The molecule has 0 aliphatic heterocycles. The van der Waals surface area contributed by atoms with Gasteiger partial charge in [-0.25, -0.2) is 0 Å². The number of hydrogen-bond acceptors (Lipinski definition) is 13. The van der Waals surface area contributed by atoms with E-state index in [1.165, 1.54) is 34.6 Å². The molecule has 0 aliphatic carbocycles. The number of quaternary nitrogens is 1. The minimum Gasteiger partial charge on any atom is -0.493 e. The summed E-state index contributed by atoms with van der Waals surface area (Å²) in [7, 11) is -3.37. The van der Waals surface area contributed by atoms with E-state index in [1.54, 1.807) is 61.7 Å². The van der Waals surface area contributed by atoms with E-state index in [1.807, 2.05) is 39.5 Å². The molecule has 16 nitrogen and oxygen atoms in total. The second kappa shape index (κ2) is 19.2. The number of rotatable bonds is 21. The molecule has 0 saturated heterocycles. The fraction of sp³-hybridized carbons (Fsp3) is 0.450. The van der Waals surface area contributed by atoms with Crippen LogP contribution in [0, 0.1) is 0 Å². The topological polar surface area (TPSA) is 193 Å². The van der Waals surface area contributed by atoms with Crippen LogP contribution in [0.1, 0.15) is 41.5 Å². The molecule has 18 heteroatoms. The first-order valence-corrected chi connectivity index (χ1v) is 21.8. The molecular weight excluding hydrogens is 793 g/mol. The molecule has 4 aromatic rings. The normalized spacial score (nSPS) is 13.5. The number of hydrogen-bond donors (Lipinski definition) is 2. The highest BCUT2D eigenvalue weighted by Gasteiger charge is 2.45. The zero-order chi connectivity index (χ0) is 43.0. The highest BCUT2D eigenvalue weighted by atomic mass is 32.2. The minimum atomic E-state index is -4.74. The number of aromatic nitrogens is 2. The first-order valence-electron chi connectivity index (χ1n) is 18.6. The molecule has 2 unspecified atom stereocenters. The second-order valence-corrected chi connectivity index (χ2v) is 17.0. The van der Waals surface area contributed by atoms with Gasteiger partial charge in [-0.3, -0.25) is 23.6 Å². The van der Waals surface area contributed by atoms with Gasteiger partial charge in [0.05, 0.1) is 83.2 Å². The Labute approximate surface area is 341 Å². The molecule has 0 radical (unpaired) electrons. The Morgan fingerprint density at radius 3 is 1.43 bits per heavy atom. The largest absolute Gasteiger partial charge is 0.493 e. The smallest absolute Gasteiger partial charge is 0.316 e. The van der Waals surface area contributed by atoms with Crippen molar-refractivity contribution in [2.75, 3.05) is 64.6 Å². The molecule has 0 spiro atoms. The van der Waals surface area contributed by atoms with Gasteiger partial charge < -0.3 is 33.3 Å². The van der Waals surface area contributed by atoms with Gasteiger partial charge in [0.2, 0.25) is 17.4 Å². The third-order valence-electron chi connectivity index (χ3n) is 9.47. The minimum absolute atomic E-state index is 0.00118. The summed E-state index contributed by atoms with van der Waals surface area (Å²) < 4.78 is 105. The van der Waals surface area contributed by atoms with E-state index >= 15 is 0 Å². The summed E-state index contributed by atoms with van der Waals surface area (Å²) in [4.78, 5) is 11.2. The maximum atomic E-state index is 12.8. The van der Waals surface area contributed by atoms with Gasteiger partial charge in [0, 0.05) is 23.7 Å². The van der Waals surface area contributed by atoms with Crippen LogP contribution in [0.15, 0.2) is 60.9 Å². The lowest BCUT2D eigenvalue weighted by molar-refractivity contribution is 0.218. The molecule has 0 aliphatic rings. The Morgan fingerprint density at radius 1 is 0.672 bits per heavy atom. The van der Waals surface area contributed by atoms with Crippen molar-refractivity contribution in [3.05, 3.63) is 60.9 Å². The van der Waals surface area contributed by atoms with E-state index in [0.29, 0.717) is 69.2 Å². The number of likely N-dealkylation sites (N-methyl/N-ethyl adjacent to an activating group) is 2. The monoisotopic (exact) mass is 847 g/mol. The summed E-state index contributed by atoms with van der Waals surface area (Å²) in [6, 6.07) is 12.7. The highest BCUT2D eigenvalue weighted by Crippen LogP contribution is 2.43. The number of nitrogens with zero attached hydrogens (tertiary/aromatic N) is 4. The third-order valence-corrected chi connectivity index (χ3v) is 11.1. The van der Waals surface area contributed by atoms with Gasteiger partial charge in [0.15, 0.2) is 28.7 Å². The summed E-state index contributed by atoms with van der Waals surface area (Å²) >= 11 is 0. The molecule has 0 bridgehead atoms. The Kier molecular flexibility index (Phi) is 15.2. The van der Waals surface area contributed by atoms with E-state index in [2.05, 4.69) is 9.97 Å². The maximum absolute atomic E-state index is 12.8. The third kappa shape index (κ3) is 11.2. The number of benzene rings is 2. The van der Waals surface area contributed by atoms with Crippen LogP contribution in [0.5, 0.6) is 34.5 Å². The molecule has 4 rings (SSSR count). The summed E-state index contributed by atoms with van der Waals surface area (Å²) in [5, 5.41) is 0. The van der Waals surface area contributed by atoms with Gasteiger partial charge >= 0.3 is 10.1 Å². The van der Waals surface area contributed by atoms with Crippen LogP contribution in [-0.4, -0.2) is 114 Å². The number of ether oxygens (including phenoxy) is 6. The lowest BCUT2D eigenvalue weighted by Crippen LogP contribution is -2.64. The zero-order valence-electron chi connectivity index (χ0n) is 34.6. The highest BCUT2D eigenvalue weighted by molar-refractivity contribution is 7.86. The van der Waals surface area contributed by atoms with Gasteiger partial charge in [-0.2, -0.15) is 16.8 Å². The van der Waals surface area contributed by atoms with Crippen LogP contribution < -0.4 is 37.8 Å². The van der Waals surface area contributed by atoms with Crippen molar-refractivity contribution in [1.29, 1.82) is 0 Å². The molecule has 2 aromatic heterocycles. The van der Waals surface area contributed by atoms with Gasteiger partial charge in [0.25, 0.3) is 10.1 Å². The lowest BCUT2D eigenvalue weighted by atomic mass is 10.1. The molecule has 318 valence electrons. The predicted molar refractivity (Wildman–Crippen MR) is 224 cm³/mol. The molecule has 58 heavy (non-hydrogen) atoms. The standard InChI is InChI=1S/C40H54N4O12S2/c1-11-43(30-13-15-33(41-21-30)28-17-35(51-7)39(55-26(3)4)36(18-28)52-8)23-32(24-57(45,46)47)44(12-2,25-58(48,49)50)31-14-16-34(42-22-31)29-19-37(53-9)40(56-27(5)6)38(20-29)54-10/h13-22,26-27,32H,11-12,23-25H2,1-10H3,(H-,45,46,47,48,49,50)/p+1. The van der Waals surface area contributed by atoms with Gasteiger partial charge in [-0.15, -0.1) is 0 Å². The Hall–Kier alpha value is -4.88. The van der Waals surface area contributed by atoms with E-state index < -0.39 is 42.4 Å². The predicted octanol–water partition coefficient (Wildman–Crippen LogP) is 6.37. The van der Waals surface area contributed by atoms with E-state index in [9.17, 15) is 25.9 Å². The van der Waals surface area contributed by atoms with Crippen molar-refractivity contribution in [1.82, 2.24) is 14.5 Å². The Bertz CT molecular complexity index is 2170. The van der Waals surface area contributed by atoms with E-state index in [4.69, 9.17) is 28.4 Å². The fourth-order valence-electron chi connectivity index (χ4n) is 6.80. The van der Waals surface area contributed by atoms with Crippen molar-refractivity contribution in [2.45, 2.75) is 59.8 Å². The molecular formula is C40H55N4O12S2+. The van der Waals surface area contributed by atoms with Crippen molar-refractivity contribution in [3.63, 3.8) is 0 Å². The summed E-state index contributed by atoms with van der Waals surface area (Å²) in [6.07, 6.45) is 2.76. The van der Waals surface area contributed by atoms with Gasteiger partial charge in [-0.05, 0) is 84.0 Å². The summed E-state index contributed by atoms with van der Waals surface area (Å²) in [5.41, 5.74) is 3.20. The molecule has 2 atom stereocenters. The van der Waals surface area contributed by atoms with Crippen LogP contribution in [0.25, 0.3) is 22.5 Å². The zero-order valence-corrected chi connectivity index (χ0v) is 36.3. The SMILES string of the molecule is CCN(CC(CS(=O)(=O)O)[N+](CC)(CS(=O)(=O)O)c1ccc(-c2cc(OC)c(OC(C)C)c(OC)c2)nc1)c1ccc(-c2cc(OC)c(OC(C)C)c(OC)c2)nc1. The number of pyridine rings is 2. The molecule has 2 N–H and O–H groups in total. The van der Waals surface area contributed by atoms with Crippen LogP contribution in [0.4, 0.5) is 11.4 Å². The fourth-order valence-corrected chi connectivity index (χ4v) is 8.81. The molecule has 0 fully saturated rings. The van der Waals surface area contributed by atoms with E-state index in [-0.39, 0.29) is 31.0 Å². The average Bonchev–Trinajstić information content (AvgIpc) is 3.17. The van der Waals surface area contributed by atoms with Crippen LogP contribution >= 0.6 is 0 Å². The summed E-state index contributed by atoms with van der Waals surface area (Å²) in [6.45, 7) is 11.3. The second-order valence-electron chi connectivity index (χ2n) is 14.1. The van der Waals surface area contributed by atoms with Crippen molar-refractivity contribution in [2.24, 2.45) is 0 Å². The summed E-state index contributed by atoms with van der Waals surface area (Å²) in [5.74, 6) is 0.868. The van der Waals surface area contributed by atoms with Crippen molar-refractivity contribution >= 4 is 31.6 Å². The van der Waals surface area contributed by atoms with Crippen LogP contribution in [0.3, 0.4) is 0 Å². The molecule has 0 saturated carbocycles. The van der Waals surface area contributed by atoms with Gasteiger partial charge in [-0.1, -0.05) is 0 Å². The lowest BCUT2D eigenvalue weighted by Gasteiger charge is -2.44. The first kappa shape index (κ1) is 45.8. The average molecular weight is 848 g/mol. The number of anilines is 1. The van der Waals surface area contributed by atoms with Gasteiger partial charge in [0.1, 0.15) is 11.8 Å². The number of methoxy groups -OCH3 is 4. The van der Waals surface area contributed by atoms with E-state index in [0.717, 1.165) is 0 Å². The maximum Gasteiger partial charge on any atom is 0.316 e. The molecule has 0 amide bonds. The first-order chi connectivity index (χ1) is 27.3. The molecule has 2 aromatic carbocycles. The molecule has 2 heterocycles. The Morgan fingerprint density at radius 2 is 1.12 bits per heavy atom. The van der Waals surface area contributed by atoms with Crippen LogP contribution in [-0.2, 0) is 20.2 Å². The Balaban J connectivity index is 1.78.